The molecule has 0 atom stereocenters. The summed E-state index contributed by atoms with van der Waals surface area (Å²) in [5, 5.41) is 9.13. The highest BCUT2D eigenvalue weighted by molar-refractivity contribution is 7.06. The quantitative estimate of drug-likeness (QED) is 0.729. The van der Waals surface area contributed by atoms with Crippen LogP contribution in [0.3, 0.4) is 0 Å². The Kier molecular flexibility index (Phi) is 2.68. The van der Waals surface area contributed by atoms with Crippen molar-refractivity contribution in [2.45, 2.75) is 26.2 Å². The van der Waals surface area contributed by atoms with E-state index in [1.807, 2.05) is 0 Å². The number of hydrogen-bond donors (Lipinski definition) is 1. The average Bonchev–Trinajstić information content (AvgIpc) is 2.31. The third kappa shape index (κ3) is 1.70. The van der Waals surface area contributed by atoms with E-state index >= 15 is 0 Å². The Bertz CT molecular complexity index is 197. The zero-order chi connectivity index (χ0) is 7.40. The zero-order valence-electron chi connectivity index (χ0n) is 6.00. The van der Waals surface area contributed by atoms with Crippen molar-refractivity contribution in [3.05, 3.63) is 11.1 Å². The van der Waals surface area contributed by atoms with Crippen molar-refractivity contribution in [2.75, 3.05) is 0 Å². The van der Waals surface area contributed by atoms with E-state index in [2.05, 4.69) is 11.3 Å². The van der Waals surface area contributed by atoms with Gasteiger partial charge in [0.2, 0.25) is 0 Å². The first-order chi connectivity index (χ1) is 4.84. The van der Waals surface area contributed by atoms with E-state index in [1.165, 1.54) is 17.7 Å². The Balaban J connectivity index is 2.49. The van der Waals surface area contributed by atoms with Gasteiger partial charge < -0.3 is 5.11 Å². The number of aromatic nitrogens is 1. The fourth-order valence-corrected chi connectivity index (χ4v) is 1.43. The Morgan fingerprint density at radius 1 is 1.70 bits per heavy atom. The summed E-state index contributed by atoms with van der Waals surface area (Å²) in [4.78, 5) is 1.02. The van der Waals surface area contributed by atoms with E-state index in [1.54, 1.807) is 0 Å². The van der Waals surface area contributed by atoms with E-state index in [-0.39, 0.29) is 0 Å². The second-order valence-corrected chi connectivity index (χ2v) is 3.12. The van der Waals surface area contributed by atoms with Crippen LogP contribution in [0, 0.1) is 0 Å². The minimum atomic E-state index is 0.360. The van der Waals surface area contributed by atoms with Gasteiger partial charge in [-0.3, -0.25) is 0 Å². The molecule has 10 heavy (non-hydrogen) atoms. The second kappa shape index (κ2) is 3.56. The number of aryl methyl sites for hydroxylation is 1. The van der Waals surface area contributed by atoms with Crippen molar-refractivity contribution in [1.82, 2.24) is 4.37 Å². The van der Waals surface area contributed by atoms with Gasteiger partial charge in [0, 0.05) is 0 Å². The maximum atomic E-state index is 9.13. The van der Waals surface area contributed by atoms with Crippen LogP contribution < -0.4 is 0 Å². The van der Waals surface area contributed by atoms with Gasteiger partial charge in [0.05, 0.1) is 11.1 Å². The Morgan fingerprint density at radius 3 is 3.00 bits per heavy atom. The maximum Gasteiger partial charge on any atom is 0.149 e. The molecule has 0 aromatic carbocycles. The summed E-state index contributed by atoms with van der Waals surface area (Å²) in [6.45, 7) is 2.14. The van der Waals surface area contributed by atoms with Crippen molar-refractivity contribution in [1.29, 1.82) is 0 Å². The highest BCUT2D eigenvalue weighted by Crippen LogP contribution is 2.21. The van der Waals surface area contributed by atoms with Crippen molar-refractivity contribution in [3.63, 3.8) is 0 Å². The molecule has 0 fully saturated rings. The van der Waals surface area contributed by atoms with Crippen LogP contribution in [-0.4, -0.2) is 9.48 Å². The maximum absolute atomic E-state index is 9.13. The molecule has 0 bridgehead atoms. The first-order valence-electron chi connectivity index (χ1n) is 3.47. The lowest BCUT2D eigenvalue weighted by Gasteiger charge is -1.92. The minimum Gasteiger partial charge on any atom is -0.505 e. The first kappa shape index (κ1) is 7.54. The van der Waals surface area contributed by atoms with Crippen molar-refractivity contribution < 1.29 is 5.11 Å². The Morgan fingerprint density at radius 2 is 2.50 bits per heavy atom. The SMILES string of the molecule is CCCCc1sncc1O. The van der Waals surface area contributed by atoms with Crippen molar-refractivity contribution in [3.8, 4) is 5.75 Å². The number of nitrogens with zero attached hydrogens (tertiary/aromatic N) is 1. The van der Waals surface area contributed by atoms with E-state index in [4.69, 9.17) is 5.11 Å². The predicted octanol–water partition coefficient (Wildman–Crippen LogP) is 2.19. The molecule has 0 amide bonds. The molecule has 3 heteroatoms. The molecule has 1 aromatic heterocycles. The van der Waals surface area contributed by atoms with E-state index in [0.29, 0.717) is 5.75 Å². The molecular weight excluding hydrogens is 146 g/mol. The summed E-state index contributed by atoms with van der Waals surface area (Å²) in [6.07, 6.45) is 4.77. The predicted molar refractivity (Wildman–Crippen MR) is 42.4 cm³/mol. The van der Waals surface area contributed by atoms with Gasteiger partial charge in [-0.25, -0.2) is 0 Å². The van der Waals surface area contributed by atoms with Gasteiger partial charge in [0.1, 0.15) is 5.75 Å². The first-order valence-corrected chi connectivity index (χ1v) is 4.24. The lowest BCUT2D eigenvalue weighted by molar-refractivity contribution is 0.469. The number of hydrogen-bond acceptors (Lipinski definition) is 3. The molecule has 1 N–H and O–H groups in total. The average molecular weight is 157 g/mol. The molecule has 0 unspecified atom stereocenters. The molecule has 2 nitrogen and oxygen atoms in total. The lowest BCUT2D eigenvalue weighted by Crippen LogP contribution is -1.78. The molecule has 0 aliphatic heterocycles. The smallest absolute Gasteiger partial charge is 0.149 e. The Labute approximate surface area is 64.7 Å². The topological polar surface area (TPSA) is 33.1 Å². The van der Waals surface area contributed by atoms with Crippen LogP contribution in [0.5, 0.6) is 5.75 Å². The van der Waals surface area contributed by atoms with Gasteiger partial charge in [0.25, 0.3) is 0 Å². The number of unbranched alkanes of at least 4 members (excludes halogenated alkanes) is 1. The molecule has 1 rings (SSSR count). The minimum absolute atomic E-state index is 0.360. The highest BCUT2D eigenvalue weighted by atomic mass is 32.1. The van der Waals surface area contributed by atoms with E-state index in [0.717, 1.165) is 24.1 Å². The fourth-order valence-electron chi connectivity index (χ4n) is 0.770. The normalized spacial score (nSPS) is 10.1. The Hall–Kier alpha value is -0.570. The molecule has 0 saturated carbocycles. The van der Waals surface area contributed by atoms with Crippen molar-refractivity contribution >= 4 is 11.5 Å². The van der Waals surface area contributed by atoms with Crippen LogP contribution in [0.15, 0.2) is 6.20 Å². The summed E-state index contributed by atoms with van der Waals surface area (Å²) < 4.78 is 3.87. The zero-order valence-corrected chi connectivity index (χ0v) is 6.82. The van der Waals surface area contributed by atoms with Gasteiger partial charge in [-0.1, -0.05) is 13.3 Å². The molecule has 56 valence electrons. The molecule has 0 saturated heterocycles. The van der Waals surface area contributed by atoms with Crippen LogP contribution in [0.25, 0.3) is 0 Å². The molecule has 0 spiro atoms. The fraction of sp³-hybridized carbons (Fsp3) is 0.571. The van der Waals surface area contributed by atoms with E-state index in [9.17, 15) is 0 Å². The van der Waals surface area contributed by atoms with Crippen molar-refractivity contribution in [2.24, 2.45) is 0 Å². The number of rotatable bonds is 3. The van der Waals surface area contributed by atoms with E-state index < -0.39 is 0 Å². The number of aromatic hydroxyl groups is 1. The summed E-state index contributed by atoms with van der Waals surface area (Å²) in [5.74, 6) is 0.360. The summed E-state index contributed by atoms with van der Waals surface area (Å²) in [5.41, 5.74) is 0. The van der Waals surface area contributed by atoms with Gasteiger partial charge in [-0.15, -0.1) is 0 Å². The standard InChI is InChI=1S/C7H11NOS/c1-2-3-4-7-6(9)5-8-10-7/h5,9H,2-4H2,1H3. The monoisotopic (exact) mass is 157 g/mol. The lowest BCUT2D eigenvalue weighted by atomic mass is 10.2. The molecule has 0 aliphatic carbocycles. The van der Waals surface area contributed by atoms with Gasteiger partial charge in [-0.2, -0.15) is 4.37 Å². The largest absolute Gasteiger partial charge is 0.505 e. The molecular formula is C7H11NOS. The van der Waals surface area contributed by atoms with Crippen LogP contribution in [0.1, 0.15) is 24.6 Å². The van der Waals surface area contributed by atoms with Crippen LogP contribution in [-0.2, 0) is 6.42 Å². The third-order valence-corrected chi connectivity index (χ3v) is 2.23. The summed E-state index contributed by atoms with van der Waals surface area (Å²) in [6, 6.07) is 0. The van der Waals surface area contributed by atoms with Gasteiger partial charge in [0.15, 0.2) is 0 Å². The molecule has 1 aromatic rings. The van der Waals surface area contributed by atoms with Crippen LogP contribution >= 0.6 is 11.5 Å². The molecule has 0 aliphatic rings. The highest BCUT2D eigenvalue weighted by Gasteiger charge is 2.01. The third-order valence-electron chi connectivity index (χ3n) is 1.38. The van der Waals surface area contributed by atoms with Gasteiger partial charge in [-0.05, 0) is 24.4 Å². The summed E-state index contributed by atoms with van der Waals surface area (Å²) in [7, 11) is 0. The molecule has 0 radical (unpaired) electrons. The van der Waals surface area contributed by atoms with Crippen LogP contribution in [0.2, 0.25) is 0 Å². The van der Waals surface area contributed by atoms with Gasteiger partial charge >= 0.3 is 0 Å². The van der Waals surface area contributed by atoms with Crippen LogP contribution in [0.4, 0.5) is 0 Å². The molecule has 1 heterocycles. The summed E-state index contributed by atoms with van der Waals surface area (Å²) >= 11 is 1.39. The second-order valence-electron chi connectivity index (χ2n) is 2.24.